The third-order valence-corrected chi connectivity index (χ3v) is 3.17. The third-order valence-electron chi connectivity index (χ3n) is 3.17. The van der Waals surface area contributed by atoms with Crippen molar-refractivity contribution < 1.29 is 5.11 Å². The van der Waals surface area contributed by atoms with E-state index < -0.39 is 0 Å². The smallest absolute Gasteiger partial charge is 0.0807 e. The summed E-state index contributed by atoms with van der Waals surface area (Å²) in [6.07, 6.45) is 2.25. The quantitative estimate of drug-likeness (QED) is 0.607. The number of piperidine rings is 1. The molecule has 64 valence electrons. The number of rotatable bonds is 1. The van der Waals surface area contributed by atoms with Gasteiger partial charge in [-0.25, -0.2) is 0 Å². The van der Waals surface area contributed by atoms with Gasteiger partial charge in [0, 0.05) is 12.6 Å². The summed E-state index contributed by atoms with van der Waals surface area (Å²) in [5.41, 5.74) is -0.275. The number of likely N-dealkylation sites (tertiary alicyclic amines) is 1. The second-order valence-corrected chi connectivity index (χ2v) is 4.36. The van der Waals surface area contributed by atoms with E-state index in [1.54, 1.807) is 0 Å². The molecule has 0 spiro atoms. The van der Waals surface area contributed by atoms with Gasteiger partial charge in [0.25, 0.3) is 0 Å². The first-order valence-electron chi connectivity index (χ1n) is 4.58. The van der Waals surface area contributed by atoms with Crippen LogP contribution in [0.25, 0.3) is 0 Å². The van der Waals surface area contributed by atoms with Crippen molar-refractivity contribution in [3.8, 4) is 0 Å². The summed E-state index contributed by atoms with van der Waals surface area (Å²) in [5.74, 6) is 0.637. The molecule has 2 nitrogen and oxygen atoms in total. The molecule has 11 heavy (non-hydrogen) atoms. The van der Waals surface area contributed by atoms with E-state index in [-0.39, 0.29) is 5.60 Å². The van der Waals surface area contributed by atoms with E-state index in [1.807, 2.05) is 0 Å². The first-order valence-corrected chi connectivity index (χ1v) is 4.58. The van der Waals surface area contributed by atoms with E-state index in [0.717, 1.165) is 13.0 Å². The van der Waals surface area contributed by atoms with Crippen LogP contribution in [0.5, 0.6) is 0 Å². The van der Waals surface area contributed by atoms with Crippen molar-refractivity contribution in [1.82, 2.24) is 4.90 Å². The maximum Gasteiger partial charge on any atom is 0.0807 e. The Bertz CT molecular complexity index is 169. The van der Waals surface area contributed by atoms with E-state index >= 15 is 0 Å². The summed E-state index contributed by atoms with van der Waals surface area (Å²) >= 11 is 0. The van der Waals surface area contributed by atoms with Crippen LogP contribution in [0.15, 0.2) is 0 Å². The highest BCUT2D eigenvalue weighted by atomic mass is 16.3. The maximum absolute atomic E-state index is 9.83. The van der Waals surface area contributed by atoms with E-state index in [0.29, 0.717) is 12.0 Å². The molecule has 0 aromatic rings. The molecule has 1 aliphatic heterocycles. The van der Waals surface area contributed by atoms with Crippen molar-refractivity contribution in [2.45, 2.75) is 38.3 Å². The second-order valence-electron chi connectivity index (χ2n) is 4.36. The van der Waals surface area contributed by atoms with Crippen LogP contribution in [-0.4, -0.2) is 34.7 Å². The van der Waals surface area contributed by atoms with Crippen molar-refractivity contribution in [3.63, 3.8) is 0 Å². The van der Waals surface area contributed by atoms with Gasteiger partial charge in [0.2, 0.25) is 0 Å². The van der Waals surface area contributed by atoms with Crippen LogP contribution in [0.3, 0.4) is 0 Å². The number of nitrogens with zero attached hydrogens (tertiary/aromatic N) is 1. The molecular weight excluding hydrogens is 138 g/mol. The fraction of sp³-hybridized carbons (Fsp3) is 1.00. The van der Waals surface area contributed by atoms with Crippen LogP contribution in [0.4, 0.5) is 0 Å². The highest BCUT2D eigenvalue weighted by molar-refractivity contribution is 5.08. The van der Waals surface area contributed by atoms with Crippen LogP contribution in [0.2, 0.25) is 0 Å². The zero-order valence-electron chi connectivity index (χ0n) is 7.38. The zero-order chi connectivity index (χ0) is 8.06. The normalized spacial score (nSPS) is 44.2. The standard InChI is InChI=1S/C9H17NO/c1-7(2)10-4-3-8-5-9(8,11)6-10/h7-8,11H,3-6H2,1-2H3. The SMILES string of the molecule is CC(C)N1CCC2CC2(O)C1. The van der Waals surface area contributed by atoms with Crippen LogP contribution in [0, 0.1) is 5.92 Å². The van der Waals surface area contributed by atoms with E-state index in [9.17, 15) is 5.11 Å². The molecule has 1 saturated carbocycles. The number of hydrogen-bond acceptors (Lipinski definition) is 2. The fourth-order valence-electron chi connectivity index (χ4n) is 2.13. The Morgan fingerprint density at radius 3 is 2.82 bits per heavy atom. The predicted octanol–water partition coefficient (Wildman–Crippen LogP) is 0.851. The van der Waals surface area contributed by atoms with Gasteiger partial charge in [-0.1, -0.05) is 0 Å². The molecule has 2 atom stereocenters. The van der Waals surface area contributed by atoms with Gasteiger partial charge in [-0.3, -0.25) is 4.90 Å². The molecule has 2 fully saturated rings. The largest absolute Gasteiger partial charge is 0.388 e. The first kappa shape index (κ1) is 7.56. The molecule has 1 aliphatic carbocycles. The molecule has 0 bridgehead atoms. The lowest BCUT2D eigenvalue weighted by atomic mass is 10.1. The molecule has 0 amide bonds. The number of aliphatic hydroxyl groups is 1. The minimum Gasteiger partial charge on any atom is -0.388 e. The van der Waals surface area contributed by atoms with Gasteiger partial charge in [-0.05, 0) is 39.2 Å². The number of fused-ring (bicyclic) bond motifs is 1. The summed E-state index contributed by atoms with van der Waals surface area (Å²) in [4.78, 5) is 2.38. The Kier molecular flexibility index (Phi) is 1.52. The lowest BCUT2D eigenvalue weighted by Gasteiger charge is -2.32. The Morgan fingerprint density at radius 2 is 2.27 bits per heavy atom. The minimum atomic E-state index is -0.275. The third kappa shape index (κ3) is 1.18. The van der Waals surface area contributed by atoms with Gasteiger partial charge in [0.15, 0.2) is 0 Å². The van der Waals surface area contributed by atoms with Crippen molar-refractivity contribution in [2.24, 2.45) is 5.92 Å². The second kappa shape index (κ2) is 2.20. The number of hydrogen-bond donors (Lipinski definition) is 1. The first-order chi connectivity index (χ1) is 5.12. The molecule has 2 rings (SSSR count). The summed E-state index contributed by atoms with van der Waals surface area (Å²) < 4.78 is 0. The van der Waals surface area contributed by atoms with Crippen molar-refractivity contribution in [3.05, 3.63) is 0 Å². The van der Waals surface area contributed by atoms with Crippen LogP contribution < -0.4 is 0 Å². The molecule has 2 unspecified atom stereocenters. The minimum absolute atomic E-state index is 0.275. The fourth-order valence-corrected chi connectivity index (χ4v) is 2.13. The van der Waals surface area contributed by atoms with Crippen molar-refractivity contribution >= 4 is 0 Å². The average Bonchev–Trinajstić information content (AvgIpc) is 2.58. The Morgan fingerprint density at radius 1 is 1.55 bits per heavy atom. The van der Waals surface area contributed by atoms with Crippen LogP contribution >= 0.6 is 0 Å². The highest BCUT2D eigenvalue weighted by Crippen LogP contribution is 2.49. The lowest BCUT2D eigenvalue weighted by Crippen LogP contribution is -2.43. The van der Waals surface area contributed by atoms with Crippen LogP contribution in [0.1, 0.15) is 26.7 Å². The predicted molar refractivity (Wildman–Crippen MR) is 44.4 cm³/mol. The van der Waals surface area contributed by atoms with Gasteiger partial charge < -0.3 is 5.11 Å². The highest BCUT2D eigenvalue weighted by Gasteiger charge is 2.55. The molecule has 0 radical (unpaired) electrons. The van der Waals surface area contributed by atoms with Gasteiger partial charge in [0.1, 0.15) is 0 Å². The maximum atomic E-state index is 9.83. The van der Waals surface area contributed by atoms with Crippen molar-refractivity contribution in [2.75, 3.05) is 13.1 Å². The van der Waals surface area contributed by atoms with E-state index in [2.05, 4.69) is 18.7 Å². The van der Waals surface area contributed by atoms with E-state index in [1.165, 1.54) is 13.0 Å². The molecule has 2 heteroatoms. The van der Waals surface area contributed by atoms with E-state index in [4.69, 9.17) is 0 Å². The average molecular weight is 155 g/mol. The topological polar surface area (TPSA) is 23.5 Å². The zero-order valence-corrected chi connectivity index (χ0v) is 7.38. The lowest BCUT2D eigenvalue weighted by molar-refractivity contribution is 0.0363. The van der Waals surface area contributed by atoms with Gasteiger partial charge in [-0.15, -0.1) is 0 Å². The molecule has 1 N–H and O–H groups in total. The summed E-state index contributed by atoms with van der Waals surface area (Å²) in [5, 5.41) is 9.83. The van der Waals surface area contributed by atoms with Crippen LogP contribution in [-0.2, 0) is 0 Å². The summed E-state index contributed by atoms with van der Waals surface area (Å²) in [6, 6.07) is 0.598. The Hall–Kier alpha value is -0.0800. The van der Waals surface area contributed by atoms with Gasteiger partial charge in [0.05, 0.1) is 5.60 Å². The molecule has 1 heterocycles. The summed E-state index contributed by atoms with van der Waals surface area (Å²) in [6.45, 7) is 6.50. The van der Waals surface area contributed by atoms with Gasteiger partial charge in [-0.2, -0.15) is 0 Å². The molecule has 0 aromatic carbocycles. The molecule has 1 saturated heterocycles. The molecule has 0 aromatic heterocycles. The molecule has 2 aliphatic rings. The van der Waals surface area contributed by atoms with Gasteiger partial charge >= 0.3 is 0 Å². The van der Waals surface area contributed by atoms with Crippen molar-refractivity contribution in [1.29, 1.82) is 0 Å². The summed E-state index contributed by atoms with van der Waals surface area (Å²) in [7, 11) is 0. The Balaban J connectivity index is 1.97. The monoisotopic (exact) mass is 155 g/mol. The number of β-amino-alcohol motifs (C(OH)–C–C–N with tert-alkyl or cyclic N) is 1. The Labute approximate surface area is 68.2 Å². The molecular formula is C9H17NO.